The van der Waals surface area contributed by atoms with Crippen LogP contribution in [0.5, 0.6) is 0 Å². The number of rotatable bonds is 2. The number of halogens is 6. The van der Waals surface area contributed by atoms with Gasteiger partial charge in [-0.2, -0.15) is 18.4 Å². The Labute approximate surface area is 97.6 Å². The Balaban J connectivity index is 3.61. The van der Waals surface area contributed by atoms with Crippen LogP contribution >= 0.6 is 11.6 Å². The molecule has 1 heterocycles. The van der Waals surface area contributed by atoms with Crippen molar-refractivity contribution in [1.82, 2.24) is 4.98 Å². The summed E-state index contributed by atoms with van der Waals surface area (Å²) >= 11 is 5.34. The molecule has 92 valence electrons. The molecule has 0 saturated heterocycles. The van der Waals surface area contributed by atoms with E-state index in [2.05, 4.69) is 4.98 Å². The van der Waals surface area contributed by atoms with Gasteiger partial charge in [-0.1, -0.05) is 0 Å². The molecule has 0 N–H and O–H groups in total. The maximum atomic E-state index is 12.6. The molecule has 1 rings (SSSR count). The molecular formula is C9H4ClF5N2. The quantitative estimate of drug-likeness (QED) is 0.607. The maximum Gasteiger partial charge on any atom is 0.433 e. The minimum atomic E-state index is -5.04. The van der Waals surface area contributed by atoms with Crippen molar-refractivity contribution in [2.75, 3.05) is 0 Å². The van der Waals surface area contributed by atoms with Crippen molar-refractivity contribution in [3.8, 4) is 6.07 Å². The van der Waals surface area contributed by atoms with Gasteiger partial charge in [-0.25, -0.2) is 8.78 Å². The van der Waals surface area contributed by atoms with E-state index >= 15 is 0 Å². The van der Waals surface area contributed by atoms with Gasteiger partial charge in [0.15, 0.2) is 5.69 Å². The molecule has 8 heteroatoms. The minimum Gasteiger partial charge on any atom is -0.251 e. The zero-order chi connectivity index (χ0) is 13.2. The van der Waals surface area contributed by atoms with Crippen molar-refractivity contribution in [3.05, 3.63) is 28.6 Å². The molecule has 0 saturated carbocycles. The van der Waals surface area contributed by atoms with Crippen LogP contribution in [0.4, 0.5) is 22.0 Å². The molecule has 0 bridgehead atoms. The van der Waals surface area contributed by atoms with Gasteiger partial charge in [0.25, 0.3) is 6.43 Å². The lowest BCUT2D eigenvalue weighted by Crippen LogP contribution is -2.15. The van der Waals surface area contributed by atoms with E-state index < -0.39 is 29.4 Å². The van der Waals surface area contributed by atoms with Crippen LogP contribution in [-0.2, 0) is 12.1 Å². The number of aromatic nitrogens is 1. The van der Waals surface area contributed by atoms with Crippen molar-refractivity contribution in [2.45, 2.75) is 18.5 Å². The second-order valence-corrected chi connectivity index (χ2v) is 3.23. The smallest absolute Gasteiger partial charge is 0.251 e. The van der Waals surface area contributed by atoms with Gasteiger partial charge >= 0.3 is 6.18 Å². The van der Waals surface area contributed by atoms with E-state index in [1.54, 1.807) is 0 Å². The van der Waals surface area contributed by atoms with Crippen LogP contribution in [0.25, 0.3) is 0 Å². The van der Waals surface area contributed by atoms with E-state index in [1.165, 1.54) is 6.07 Å². The Morgan fingerprint density at radius 3 is 2.35 bits per heavy atom. The third kappa shape index (κ3) is 2.64. The Kier molecular flexibility index (Phi) is 3.88. The normalized spacial score (nSPS) is 11.6. The molecule has 0 fully saturated rings. The molecule has 0 aromatic carbocycles. The van der Waals surface area contributed by atoms with Crippen LogP contribution in [0.1, 0.15) is 28.8 Å². The van der Waals surface area contributed by atoms with Gasteiger partial charge < -0.3 is 0 Å². The standard InChI is InChI=1S/C9H4ClF5N2/c10-1-4-3-17-7(9(13,14)15)6(8(11)12)5(4)2-16/h3,8H,1H2. The molecule has 0 spiro atoms. The van der Waals surface area contributed by atoms with Gasteiger partial charge in [0.1, 0.15) is 6.07 Å². The molecule has 0 aliphatic heterocycles. The lowest BCUT2D eigenvalue weighted by molar-refractivity contribution is -0.143. The Morgan fingerprint density at radius 2 is 2.00 bits per heavy atom. The van der Waals surface area contributed by atoms with Gasteiger partial charge in [-0.05, 0) is 0 Å². The van der Waals surface area contributed by atoms with Gasteiger partial charge in [-0.15, -0.1) is 11.6 Å². The average Bonchev–Trinajstić information content (AvgIpc) is 2.25. The average molecular weight is 271 g/mol. The highest BCUT2D eigenvalue weighted by Gasteiger charge is 2.39. The van der Waals surface area contributed by atoms with Crippen LogP contribution in [0.3, 0.4) is 0 Å². The van der Waals surface area contributed by atoms with E-state index in [0.717, 1.165) is 0 Å². The van der Waals surface area contributed by atoms with Crippen molar-refractivity contribution >= 4 is 11.6 Å². The Bertz CT molecular complexity index is 464. The molecule has 0 amide bonds. The molecule has 17 heavy (non-hydrogen) atoms. The molecule has 0 aliphatic rings. The fourth-order valence-corrected chi connectivity index (χ4v) is 1.44. The highest BCUT2D eigenvalue weighted by molar-refractivity contribution is 6.17. The molecular weight excluding hydrogens is 267 g/mol. The van der Waals surface area contributed by atoms with Gasteiger partial charge in [0.2, 0.25) is 0 Å². The monoisotopic (exact) mass is 270 g/mol. The lowest BCUT2D eigenvalue weighted by atomic mass is 10.0. The first-order chi connectivity index (χ1) is 7.82. The molecule has 0 radical (unpaired) electrons. The summed E-state index contributed by atoms with van der Waals surface area (Å²) in [7, 11) is 0. The van der Waals surface area contributed by atoms with Crippen LogP contribution in [-0.4, -0.2) is 4.98 Å². The SMILES string of the molecule is N#Cc1c(CCl)cnc(C(F)(F)F)c1C(F)F. The predicted molar refractivity (Wildman–Crippen MR) is 48.5 cm³/mol. The molecule has 2 nitrogen and oxygen atoms in total. The van der Waals surface area contributed by atoms with Crippen LogP contribution in [0.2, 0.25) is 0 Å². The first-order valence-electron chi connectivity index (χ1n) is 4.16. The fourth-order valence-electron chi connectivity index (χ4n) is 1.24. The molecule has 1 aromatic heterocycles. The number of nitriles is 1. The second kappa shape index (κ2) is 4.84. The summed E-state index contributed by atoms with van der Waals surface area (Å²) in [5, 5.41) is 8.63. The van der Waals surface area contributed by atoms with E-state index in [9.17, 15) is 22.0 Å². The van der Waals surface area contributed by atoms with Gasteiger partial charge in [-0.3, -0.25) is 4.98 Å². The maximum absolute atomic E-state index is 12.6. The number of nitrogens with zero attached hydrogens (tertiary/aromatic N) is 2. The van der Waals surface area contributed by atoms with E-state index in [4.69, 9.17) is 16.9 Å². The van der Waals surface area contributed by atoms with Crippen molar-refractivity contribution in [2.24, 2.45) is 0 Å². The summed E-state index contributed by atoms with van der Waals surface area (Å²) in [4.78, 5) is 2.91. The van der Waals surface area contributed by atoms with Gasteiger partial charge in [0, 0.05) is 11.8 Å². The summed E-state index contributed by atoms with van der Waals surface area (Å²) in [6.07, 6.45) is -7.81. The van der Waals surface area contributed by atoms with Crippen molar-refractivity contribution in [1.29, 1.82) is 5.26 Å². The third-order valence-electron chi connectivity index (χ3n) is 1.94. The molecule has 0 atom stereocenters. The number of hydrogen-bond donors (Lipinski definition) is 0. The van der Waals surface area contributed by atoms with Crippen LogP contribution in [0.15, 0.2) is 6.20 Å². The highest BCUT2D eigenvalue weighted by Crippen LogP contribution is 2.37. The van der Waals surface area contributed by atoms with Gasteiger partial charge in [0.05, 0.1) is 17.0 Å². The van der Waals surface area contributed by atoms with Crippen molar-refractivity contribution in [3.63, 3.8) is 0 Å². The summed E-state index contributed by atoms with van der Waals surface area (Å²) < 4.78 is 62.4. The summed E-state index contributed by atoms with van der Waals surface area (Å²) in [6.45, 7) is 0. The van der Waals surface area contributed by atoms with E-state index in [0.29, 0.717) is 6.20 Å². The zero-order valence-corrected chi connectivity index (χ0v) is 8.78. The van der Waals surface area contributed by atoms with Crippen LogP contribution < -0.4 is 0 Å². The Hall–Kier alpha value is -1.42. The summed E-state index contributed by atoms with van der Waals surface area (Å²) in [6, 6.07) is 1.30. The van der Waals surface area contributed by atoms with Crippen LogP contribution in [0, 0.1) is 11.3 Å². The minimum absolute atomic E-state index is 0.155. The molecule has 0 unspecified atom stereocenters. The third-order valence-corrected chi connectivity index (χ3v) is 2.23. The topological polar surface area (TPSA) is 36.7 Å². The molecule has 0 aliphatic carbocycles. The first kappa shape index (κ1) is 13.6. The zero-order valence-electron chi connectivity index (χ0n) is 8.02. The summed E-state index contributed by atoms with van der Waals surface area (Å²) in [5.74, 6) is -0.367. The van der Waals surface area contributed by atoms with Crippen molar-refractivity contribution < 1.29 is 22.0 Å². The fraction of sp³-hybridized carbons (Fsp3) is 0.333. The number of pyridine rings is 1. The largest absolute Gasteiger partial charge is 0.433 e. The Morgan fingerprint density at radius 1 is 1.41 bits per heavy atom. The second-order valence-electron chi connectivity index (χ2n) is 2.96. The highest BCUT2D eigenvalue weighted by atomic mass is 35.5. The van der Waals surface area contributed by atoms with E-state index in [1.807, 2.05) is 0 Å². The first-order valence-corrected chi connectivity index (χ1v) is 4.69. The lowest BCUT2D eigenvalue weighted by Gasteiger charge is -2.14. The molecule has 1 aromatic rings. The number of hydrogen-bond acceptors (Lipinski definition) is 2. The summed E-state index contributed by atoms with van der Waals surface area (Å²) in [5.41, 5.74) is -4.09. The number of alkyl halides is 6. The van der Waals surface area contributed by atoms with E-state index in [-0.39, 0.29) is 11.4 Å². The predicted octanol–water partition coefficient (Wildman–Crippen LogP) is 3.65.